The average molecular weight is 274 g/mol. The van der Waals surface area contributed by atoms with Crippen molar-refractivity contribution in [1.29, 1.82) is 0 Å². The minimum Gasteiger partial charge on any atom is -0.0769 e. The van der Waals surface area contributed by atoms with Gasteiger partial charge in [-0.2, -0.15) is 0 Å². The first-order chi connectivity index (χ1) is 9.33. The summed E-state index contributed by atoms with van der Waals surface area (Å²) in [6.45, 7) is 7.41. The van der Waals surface area contributed by atoms with Gasteiger partial charge in [0.05, 0.1) is 0 Å². The second kappa shape index (κ2) is 6.09. The van der Waals surface area contributed by atoms with Crippen molar-refractivity contribution in [2.75, 3.05) is 0 Å². The van der Waals surface area contributed by atoms with E-state index in [1.807, 2.05) is 0 Å². The SMILES string of the molecule is BC(B)(C1CCC2(CCCC2)C1)C(C)(C)CCCCC. The topological polar surface area (TPSA) is 0 Å². The molecule has 1 unspecified atom stereocenters. The fourth-order valence-corrected chi connectivity index (χ4v) is 5.09. The maximum absolute atomic E-state index is 2.58. The Morgan fingerprint density at radius 3 is 2.30 bits per heavy atom. The van der Waals surface area contributed by atoms with E-state index in [-0.39, 0.29) is 0 Å². The van der Waals surface area contributed by atoms with Crippen LogP contribution in [-0.4, -0.2) is 15.7 Å². The molecular weight excluding hydrogens is 238 g/mol. The van der Waals surface area contributed by atoms with Crippen molar-refractivity contribution >= 4 is 15.7 Å². The molecule has 0 aliphatic heterocycles. The minimum absolute atomic E-state index is 0.497. The van der Waals surface area contributed by atoms with E-state index in [2.05, 4.69) is 36.5 Å². The van der Waals surface area contributed by atoms with E-state index in [0.717, 1.165) is 11.3 Å². The molecule has 0 aromatic carbocycles. The lowest BCUT2D eigenvalue weighted by Gasteiger charge is -2.47. The van der Waals surface area contributed by atoms with Gasteiger partial charge in [0.1, 0.15) is 15.7 Å². The molecule has 1 spiro atoms. The fraction of sp³-hybridized carbons (Fsp3) is 1.00. The van der Waals surface area contributed by atoms with Crippen LogP contribution in [-0.2, 0) is 0 Å². The third kappa shape index (κ3) is 3.14. The molecule has 0 bridgehead atoms. The summed E-state index contributed by atoms with van der Waals surface area (Å²) in [5.74, 6) is 0.970. The molecule has 0 aromatic rings. The number of rotatable bonds is 6. The van der Waals surface area contributed by atoms with Gasteiger partial charge >= 0.3 is 0 Å². The van der Waals surface area contributed by atoms with Crippen LogP contribution in [0.25, 0.3) is 0 Å². The molecule has 114 valence electrons. The van der Waals surface area contributed by atoms with Gasteiger partial charge in [-0.15, -0.1) is 0 Å². The normalized spacial score (nSPS) is 26.4. The monoisotopic (exact) mass is 274 g/mol. The average Bonchev–Trinajstić information content (AvgIpc) is 3.00. The summed E-state index contributed by atoms with van der Waals surface area (Å²) >= 11 is 0. The third-order valence-corrected chi connectivity index (χ3v) is 7.54. The van der Waals surface area contributed by atoms with E-state index in [1.165, 1.54) is 70.6 Å². The Morgan fingerprint density at radius 1 is 1.05 bits per heavy atom. The maximum Gasteiger partial charge on any atom is 0.100 e. The molecule has 20 heavy (non-hydrogen) atoms. The lowest BCUT2D eigenvalue weighted by Crippen LogP contribution is -2.38. The zero-order chi connectivity index (χ0) is 14.9. The van der Waals surface area contributed by atoms with Crippen molar-refractivity contribution in [1.82, 2.24) is 0 Å². The standard InChI is InChI=1S/C18H36B2/c1-4-5-6-10-16(2,3)18(19,20)15-9-13-17(14-15)11-7-8-12-17/h15H,4-14,19-20H2,1-3H3. The number of hydrogen-bond donors (Lipinski definition) is 0. The van der Waals surface area contributed by atoms with Crippen molar-refractivity contribution in [3.8, 4) is 0 Å². The second-order valence-corrected chi connectivity index (χ2v) is 9.21. The summed E-state index contributed by atoms with van der Waals surface area (Å²) in [7, 11) is 5.16. The molecule has 2 heteroatoms. The van der Waals surface area contributed by atoms with Crippen LogP contribution in [0.2, 0.25) is 5.21 Å². The van der Waals surface area contributed by atoms with E-state index in [1.54, 1.807) is 0 Å². The van der Waals surface area contributed by atoms with Gasteiger partial charge < -0.3 is 0 Å². The molecule has 0 aromatic heterocycles. The van der Waals surface area contributed by atoms with E-state index >= 15 is 0 Å². The summed E-state index contributed by atoms with van der Waals surface area (Å²) in [5.41, 5.74) is 1.28. The van der Waals surface area contributed by atoms with Crippen LogP contribution in [0.3, 0.4) is 0 Å². The van der Waals surface area contributed by atoms with Gasteiger partial charge in [0, 0.05) is 0 Å². The zero-order valence-electron chi connectivity index (χ0n) is 14.9. The third-order valence-electron chi connectivity index (χ3n) is 7.54. The summed E-state index contributed by atoms with van der Waals surface area (Å²) in [4.78, 5) is 0. The van der Waals surface area contributed by atoms with E-state index in [4.69, 9.17) is 0 Å². The highest BCUT2D eigenvalue weighted by molar-refractivity contribution is 6.40. The zero-order valence-corrected chi connectivity index (χ0v) is 14.9. The molecule has 0 saturated heterocycles. The molecule has 0 amide bonds. The highest BCUT2D eigenvalue weighted by Gasteiger charge is 2.49. The van der Waals surface area contributed by atoms with Crippen LogP contribution in [0.4, 0.5) is 0 Å². The van der Waals surface area contributed by atoms with Crippen LogP contribution < -0.4 is 0 Å². The Hall–Kier alpha value is 0.130. The summed E-state index contributed by atoms with van der Waals surface area (Å²) in [6.07, 6.45) is 16.3. The minimum atomic E-state index is 0.497. The molecule has 0 radical (unpaired) electrons. The van der Waals surface area contributed by atoms with Gasteiger partial charge in [-0.05, 0) is 48.9 Å². The Labute approximate surface area is 129 Å². The number of hydrogen-bond acceptors (Lipinski definition) is 0. The van der Waals surface area contributed by atoms with Crippen molar-refractivity contribution < 1.29 is 0 Å². The smallest absolute Gasteiger partial charge is 0.0769 e. The second-order valence-electron chi connectivity index (χ2n) is 9.21. The highest BCUT2D eigenvalue weighted by atomic mass is 14.5. The lowest BCUT2D eigenvalue weighted by atomic mass is 9.37. The summed E-state index contributed by atoms with van der Waals surface area (Å²) in [6, 6.07) is 0. The first-order valence-corrected chi connectivity index (χ1v) is 9.33. The Kier molecular flexibility index (Phi) is 5.02. The Morgan fingerprint density at radius 2 is 1.70 bits per heavy atom. The number of unbranched alkanes of at least 4 members (excludes halogenated alkanes) is 2. The maximum atomic E-state index is 2.58. The molecule has 1 atom stereocenters. The molecule has 0 heterocycles. The largest absolute Gasteiger partial charge is 0.100 e. The highest BCUT2D eigenvalue weighted by Crippen LogP contribution is 2.61. The van der Waals surface area contributed by atoms with Gasteiger partial charge in [-0.3, -0.25) is 0 Å². The first-order valence-electron chi connectivity index (χ1n) is 9.33. The molecule has 2 aliphatic carbocycles. The molecule has 2 aliphatic rings. The molecule has 0 N–H and O–H groups in total. The summed E-state index contributed by atoms with van der Waals surface area (Å²) < 4.78 is 0. The predicted molar refractivity (Wildman–Crippen MR) is 95.9 cm³/mol. The van der Waals surface area contributed by atoms with Crippen molar-refractivity contribution in [2.45, 2.75) is 96.6 Å². The van der Waals surface area contributed by atoms with E-state index in [9.17, 15) is 0 Å². The van der Waals surface area contributed by atoms with Crippen LogP contribution in [0, 0.1) is 16.7 Å². The van der Waals surface area contributed by atoms with Crippen molar-refractivity contribution in [3.05, 3.63) is 0 Å². The predicted octanol–water partition coefficient (Wildman–Crippen LogP) is 4.34. The van der Waals surface area contributed by atoms with Crippen LogP contribution in [0.5, 0.6) is 0 Å². The van der Waals surface area contributed by atoms with Gasteiger partial charge in [0.15, 0.2) is 0 Å². The fourth-order valence-electron chi connectivity index (χ4n) is 5.09. The Balaban J connectivity index is 1.98. The van der Waals surface area contributed by atoms with Crippen molar-refractivity contribution in [3.63, 3.8) is 0 Å². The van der Waals surface area contributed by atoms with Crippen LogP contribution >= 0.6 is 0 Å². The summed E-state index contributed by atoms with van der Waals surface area (Å²) in [5, 5.41) is 0.507. The van der Waals surface area contributed by atoms with Gasteiger partial charge in [0.25, 0.3) is 0 Å². The van der Waals surface area contributed by atoms with Crippen LogP contribution in [0.1, 0.15) is 91.4 Å². The molecule has 2 rings (SSSR count). The van der Waals surface area contributed by atoms with E-state index < -0.39 is 0 Å². The van der Waals surface area contributed by atoms with Gasteiger partial charge in [-0.25, -0.2) is 0 Å². The van der Waals surface area contributed by atoms with E-state index in [0.29, 0.717) is 10.6 Å². The molecule has 2 fully saturated rings. The Bertz CT molecular complexity index is 313. The van der Waals surface area contributed by atoms with Crippen molar-refractivity contribution in [2.24, 2.45) is 16.7 Å². The van der Waals surface area contributed by atoms with Crippen LogP contribution in [0.15, 0.2) is 0 Å². The quantitative estimate of drug-likeness (QED) is 0.499. The molecule has 0 nitrogen and oxygen atoms in total. The van der Waals surface area contributed by atoms with Gasteiger partial charge in [-0.1, -0.05) is 64.5 Å². The lowest BCUT2D eigenvalue weighted by molar-refractivity contribution is 0.195. The van der Waals surface area contributed by atoms with Gasteiger partial charge in [0.2, 0.25) is 0 Å². The molecular formula is C18H36B2. The first kappa shape index (κ1) is 16.5. The molecule has 2 saturated carbocycles.